The summed E-state index contributed by atoms with van der Waals surface area (Å²) in [5.74, 6) is 0.374. The number of aliphatic imine (C=N–C) groups is 1. The number of nitrogens with zero attached hydrogens (tertiary/aromatic N) is 3. The van der Waals surface area contributed by atoms with E-state index in [1.807, 2.05) is 11.8 Å². The van der Waals surface area contributed by atoms with E-state index in [2.05, 4.69) is 25.3 Å². The second-order valence-corrected chi connectivity index (χ2v) is 6.63. The normalized spacial score (nSPS) is 15.4. The van der Waals surface area contributed by atoms with Gasteiger partial charge in [-0.2, -0.15) is 0 Å². The summed E-state index contributed by atoms with van der Waals surface area (Å²) in [4.78, 5) is 19.8. The number of rotatable bonds is 7. The number of hydrogen-bond donors (Lipinski definition) is 2. The molecule has 0 aliphatic carbocycles. The van der Waals surface area contributed by atoms with Crippen LogP contribution in [0.1, 0.15) is 19.4 Å². The molecule has 0 bridgehead atoms. The van der Waals surface area contributed by atoms with Gasteiger partial charge >= 0.3 is 6.36 Å². The molecule has 0 unspecified atom stereocenters. The van der Waals surface area contributed by atoms with Gasteiger partial charge in [-0.15, -0.1) is 37.1 Å². The topological polar surface area (TPSA) is 69.2 Å². The first-order valence-electron chi connectivity index (χ1n) is 9.62. The third-order valence-electron chi connectivity index (χ3n) is 4.49. The highest BCUT2D eigenvalue weighted by Crippen LogP contribution is 2.26. The summed E-state index contributed by atoms with van der Waals surface area (Å²) in [5, 5.41) is 6.28. The highest BCUT2D eigenvalue weighted by molar-refractivity contribution is 14.0. The zero-order chi connectivity index (χ0) is 21.3. The Bertz CT molecular complexity index is 695. The Hall–Kier alpha value is -1.76. The molecule has 1 aromatic carbocycles. The maximum atomic E-state index is 12.5. The molecule has 30 heavy (non-hydrogen) atoms. The third kappa shape index (κ3) is 9.37. The van der Waals surface area contributed by atoms with Crippen molar-refractivity contribution in [3.63, 3.8) is 0 Å². The number of hydrogen-bond acceptors (Lipinski definition) is 4. The Balaban J connectivity index is 0.00000450. The number of amides is 1. The molecule has 1 amide bonds. The number of ether oxygens (including phenoxy) is 1. The minimum atomic E-state index is -4.74. The number of carbonyl (C=O) groups is 1. The molecular weight excluding hydrogens is 514 g/mol. The summed E-state index contributed by atoms with van der Waals surface area (Å²) < 4.78 is 41.7. The minimum Gasteiger partial charge on any atom is -0.405 e. The van der Waals surface area contributed by atoms with Crippen LogP contribution in [0.4, 0.5) is 13.2 Å². The standard InChI is InChI=1S/C19H28F3N5O2.HI/c1-3-23-18(24-8-9-26-10-12-27(13-11-26)15(2)28)25-14-16-6-4-5-7-17(16)29-19(20,21)22;/h4-7H,3,8-14H2,1-2H3,(H2,23,24,25);1H. The van der Waals surface area contributed by atoms with E-state index in [0.29, 0.717) is 24.6 Å². The van der Waals surface area contributed by atoms with Gasteiger partial charge in [-0.25, -0.2) is 4.99 Å². The van der Waals surface area contributed by atoms with Gasteiger partial charge in [0.05, 0.1) is 6.54 Å². The van der Waals surface area contributed by atoms with Gasteiger partial charge in [-0.05, 0) is 13.0 Å². The first-order chi connectivity index (χ1) is 13.8. The van der Waals surface area contributed by atoms with Crippen LogP contribution in [0.3, 0.4) is 0 Å². The van der Waals surface area contributed by atoms with Crippen molar-refractivity contribution in [2.45, 2.75) is 26.8 Å². The second-order valence-electron chi connectivity index (χ2n) is 6.63. The molecular formula is C19H29F3IN5O2. The quantitative estimate of drug-likeness (QED) is 0.314. The summed E-state index contributed by atoms with van der Waals surface area (Å²) in [6, 6.07) is 5.97. The van der Waals surface area contributed by atoms with Crippen molar-refractivity contribution in [3.8, 4) is 5.75 Å². The predicted octanol–water partition coefficient (Wildman–Crippen LogP) is 2.42. The lowest BCUT2D eigenvalue weighted by atomic mass is 10.2. The number of piperazine rings is 1. The molecule has 1 saturated heterocycles. The monoisotopic (exact) mass is 543 g/mol. The predicted molar refractivity (Wildman–Crippen MR) is 120 cm³/mol. The Kier molecular flexibility index (Phi) is 11.2. The number of halogens is 4. The maximum Gasteiger partial charge on any atom is 0.573 e. The van der Waals surface area contributed by atoms with Crippen LogP contribution in [-0.4, -0.2) is 73.8 Å². The van der Waals surface area contributed by atoms with E-state index in [1.54, 1.807) is 19.1 Å². The summed E-state index contributed by atoms with van der Waals surface area (Å²) in [5.41, 5.74) is 0.349. The first-order valence-corrected chi connectivity index (χ1v) is 9.62. The van der Waals surface area contributed by atoms with Crippen molar-refractivity contribution in [1.29, 1.82) is 0 Å². The Morgan fingerprint density at radius 1 is 1.17 bits per heavy atom. The number of carbonyl (C=O) groups excluding carboxylic acids is 1. The number of nitrogens with one attached hydrogen (secondary N) is 2. The summed E-state index contributed by atoms with van der Waals surface area (Å²) in [7, 11) is 0. The maximum absolute atomic E-state index is 12.5. The second kappa shape index (κ2) is 12.8. The van der Waals surface area contributed by atoms with Crippen molar-refractivity contribution < 1.29 is 22.7 Å². The van der Waals surface area contributed by atoms with Crippen molar-refractivity contribution in [1.82, 2.24) is 20.4 Å². The van der Waals surface area contributed by atoms with Gasteiger partial charge in [0.2, 0.25) is 5.91 Å². The van der Waals surface area contributed by atoms with Crippen molar-refractivity contribution in [2.75, 3.05) is 45.8 Å². The largest absolute Gasteiger partial charge is 0.573 e. The molecule has 1 heterocycles. The molecule has 170 valence electrons. The van der Waals surface area contributed by atoms with E-state index in [-0.39, 0.29) is 42.2 Å². The average Bonchev–Trinajstić information content (AvgIpc) is 2.66. The average molecular weight is 543 g/mol. The molecule has 11 heteroatoms. The van der Waals surface area contributed by atoms with Crippen LogP contribution in [0.2, 0.25) is 0 Å². The van der Waals surface area contributed by atoms with Crippen molar-refractivity contribution >= 4 is 35.8 Å². The van der Waals surface area contributed by atoms with Gasteiger partial charge < -0.3 is 20.3 Å². The molecule has 1 aliphatic heterocycles. The molecule has 0 radical (unpaired) electrons. The Labute approximate surface area is 192 Å². The van der Waals surface area contributed by atoms with Crippen LogP contribution in [0.15, 0.2) is 29.3 Å². The van der Waals surface area contributed by atoms with E-state index in [0.717, 1.165) is 32.7 Å². The molecule has 0 atom stereocenters. The summed E-state index contributed by atoms with van der Waals surface area (Å²) in [6.07, 6.45) is -4.74. The molecule has 7 nitrogen and oxygen atoms in total. The van der Waals surface area contributed by atoms with E-state index in [1.165, 1.54) is 12.1 Å². The van der Waals surface area contributed by atoms with Crippen LogP contribution in [-0.2, 0) is 11.3 Å². The minimum absolute atomic E-state index is 0. The fraction of sp³-hybridized carbons (Fsp3) is 0.579. The van der Waals surface area contributed by atoms with Gasteiger partial charge in [0.1, 0.15) is 5.75 Å². The highest BCUT2D eigenvalue weighted by Gasteiger charge is 2.31. The van der Waals surface area contributed by atoms with E-state index in [9.17, 15) is 18.0 Å². The van der Waals surface area contributed by atoms with Gasteiger partial charge in [-0.3, -0.25) is 9.69 Å². The fourth-order valence-electron chi connectivity index (χ4n) is 2.98. The fourth-order valence-corrected chi connectivity index (χ4v) is 2.98. The molecule has 2 rings (SSSR count). The molecule has 1 aromatic rings. The molecule has 0 spiro atoms. The van der Waals surface area contributed by atoms with E-state index >= 15 is 0 Å². The SMILES string of the molecule is CCNC(=NCc1ccccc1OC(F)(F)F)NCCN1CCN(C(C)=O)CC1.I. The lowest BCUT2D eigenvalue weighted by Crippen LogP contribution is -2.50. The number of benzene rings is 1. The van der Waals surface area contributed by atoms with Gasteiger partial charge in [0.25, 0.3) is 0 Å². The van der Waals surface area contributed by atoms with Gasteiger partial charge in [0.15, 0.2) is 5.96 Å². The van der Waals surface area contributed by atoms with Crippen LogP contribution in [0.25, 0.3) is 0 Å². The number of alkyl halides is 3. The molecule has 1 aliphatic rings. The van der Waals surface area contributed by atoms with Crippen LogP contribution in [0, 0.1) is 0 Å². The number of para-hydroxylation sites is 1. The lowest BCUT2D eigenvalue weighted by Gasteiger charge is -2.34. The van der Waals surface area contributed by atoms with Crippen molar-refractivity contribution in [2.24, 2.45) is 4.99 Å². The molecule has 1 fully saturated rings. The highest BCUT2D eigenvalue weighted by atomic mass is 127. The zero-order valence-electron chi connectivity index (χ0n) is 17.2. The van der Waals surface area contributed by atoms with Crippen LogP contribution in [0.5, 0.6) is 5.75 Å². The number of guanidine groups is 1. The smallest absolute Gasteiger partial charge is 0.405 e. The summed E-state index contributed by atoms with van der Waals surface area (Å²) >= 11 is 0. The van der Waals surface area contributed by atoms with E-state index in [4.69, 9.17) is 0 Å². The summed E-state index contributed by atoms with van der Waals surface area (Å²) in [6.45, 7) is 8.67. The Morgan fingerprint density at radius 3 is 2.43 bits per heavy atom. The van der Waals surface area contributed by atoms with Crippen molar-refractivity contribution in [3.05, 3.63) is 29.8 Å². The Morgan fingerprint density at radius 2 is 1.83 bits per heavy atom. The lowest BCUT2D eigenvalue weighted by molar-refractivity contribution is -0.274. The van der Waals surface area contributed by atoms with Gasteiger partial charge in [-0.1, -0.05) is 18.2 Å². The molecule has 0 saturated carbocycles. The van der Waals surface area contributed by atoms with Crippen LogP contribution >= 0.6 is 24.0 Å². The third-order valence-corrected chi connectivity index (χ3v) is 4.49. The van der Waals surface area contributed by atoms with Gasteiger partial charge in [0, 0.05) is 58.3 Å². The van der Waals surface area contributed by atoms with E-state index < -0.39 is 6.36 Å². The molecule has 0 aromatic heterocycles. The van der Waals surface area contributed by atoms with Crippen LogP contribution < -0.4 is 15.4 Å². The zero-order valence-corrected chi connectivity index (χ0v) is 19.5. The first kappa shape index (κ1) is 26.3. The molecule has 2 N–H and O–H groups in total.